The Morgan fingerprint density at radius 1 is 1.31 bits per heavy atom. The van der Waals surface area contributed by atoms with Crippen molar-refractivity contribution in [3.63, 3.8) is 0 Å². The number of aromatic nitrogens is 1. The number of halogens is 1. The molecule has 0 aliphatic heterocycles. The molecule has 1 atom stereocenters. The van der Waals surface area contributed by atoms with Crippen LogP contribution in [0.1, 0.15) is 20.8 Å². The Morgan fingerprint density at radius 3 is 2.54 bits per heavy atom. The highest BCUT2D eigenvalue weighted by Crippen LogP contribution is 2.09. The topological polar surface area (TPSA) is 24.9 Å². The maximum absolute atomic E-state index is 12.7. The predicted molar refractivity (Wildman–Crippen MR) is 52.1 cm³/mol. The zero-order valence-electron chi connectivity index (χ0n) is 8.21. The van der Waals surface area contributed by atoms with Crippen molar-refractivity contribution in [3.8, 4) is 0 Å². The minimum absolute atomic E-state index is 0.300. The van der Waals surface area contributed by atoms with E-state index in [0.29, 0.717) is 17.8 Å². The van der Waals surface area contributed by atoms with Crippen LogP contribution >= 0.6 is 0 Å². The molecule has 1 rings (SSSR count). The average Bonchev–Trinajstić information content (AvgIpc) is 2.04. The van der Waals surface area contributed by atoms with Gasteiger partial charge in [0.1, 0.15) is 5.82 Å². The second-order valence-corrected chi connectivity index (χ2v) is 3.52. The molecule has 72 valence electrons. The fourth-order valence-corrected chi connectivity index (χ4v) is 0.889. The molecule has 0 aliphatic carbocycles. The Morgan fingerprint density at radius 2 is 2.00 bits per heavy atom. The Balaban J connectivity index is 2.64. The zero-order valence-corrected chi connectivity index (χ0v) is 8.21. The fraction of sp³-hybridized carbons (Fsp3) is 0.500. The van der Waals surface area contributed by atoms with E-state index < -0.39 is 5.95 Å². The van der Waals surface area contributed by atoms with E-state index in [9.17, 15) is 4.39 Å². The van der Waals surface area contributed by atoms with Crippen LogP contribution in [0.2, 0.25) is 0 Å². The predicted octanol–water partition coefficient (Wildman–Crippen LogP) is 2.68. The molecular weight excluding hydrogens is 167 g/mol. The minimum atomic E-state index is -0.444. The molecule has 0 saturated heterocycles. The number of hydrogen-bond donors (Lipinski definition) is 1. The number of nitrogens with zero attached hydrogens (tertiary/aromatic N) is 1. The van der Waals surface area contributed by atoms with Gasteiger partial charge in [0.25, 0.3) is 0 Å². The molecule has 3 heteroatoms. The quantitative estimate of drug-likeness (QED) is 0.727. The first kappa shape index (κ1) is 9.96. The van der Waals surface area contributed by atoms with Gasteiger partial charge in [0.05, 0.1) is 0 Å². The molecule has 0 saturated carbocycles. The summed E-state index contributed by atoms with van der Waals surface area (Å²) in [6.07, 6.45) is 0. The summed E-state index contributed by atoms with van der Waals surface area (Å²) in [4.78, 5) is 3.72. The third-order valence-corrected chi connectivity index (χ3v) is 2.09. The lowest BCUT2D eigenvalue weighted by atomic mass is 10.1. The SMILES string of the molecule is CC(C)C(C)Nc1cccc(F)n1. The van der Waals surface area contributed by atoms with E-state index in [-0.39, 0.29) is 0 Å². The van der Waals surface area contributed by atoms with Gasteiger partial charge in [-0.15, -0.1) is 0 Å². The van der Waals surface area contributed by atoms with Crippen molar-refractivity contribution >= 4 is 5.82 Å². The van der Waals surface area contributed by atoms with Gasteiger partial charge in [0.2, 0.25) is 5.95 Å². The number of pyridine rings is 1. The van der Waals surface area contributed by atoms with Crippen LogP contribution in [-0.4, -0.2) is 11.0 Å². The summed E-state index contributed by atoms with van der Waals surface area (Å²) in [5.74, 6) is 0.659. The Bertz CT molecular complexity index is 273. The standard InChI is InChI=1S/C10H15FN2/c1-7(2)8(3)12-10-6-4-5-9(11)13-10/h4-8H,1-3H3,(H,12,13). The van der Waals surface area contributed by atoms with Crippen molar-refractivity contribution in [3.05, 3.63) is 24.1 Å². The smallest absolute Gasteiger partial charge is 0.214 e. The van der Waals surface area contributed by atoms with Gasteiger partial charge in [-0.05, 0) is 25.0 Å². The summed E-state index contributed by atoms with van der Waals surface area (Å²) in [7, 11) is 0. The summed E-state index contributed by atoms with van der Waals surface area (Å²) in [6.45, 7) is 6.27. The number of hydrogen-bond acceptors (Lipinski definition) is 2. The van der Waals surface area contributed by atoms with E-state index in [1.807, 2.05) is 0 Å². The molecule has 13 heavy (non-hydrogen) atoms. The van der Waals surface area contributed by atoms with E-state index >= 15 is 0 Å². The Labute approximate surface area is 78.2 Å². The number of nitrogens with one attached hydrogen (secondary N) is 1. The average molecular weight is 182 g/mol. The molecular formula is C10H15FN2. The van der Waals surface area contributed by atoms with Crippen molar-refractivity contribution in [2.75, 3.05) is 5.32 Å². The second-order valence-electron chi connectivity index (χ2n) is 3.52. The highest BCUT2D eigenvalue weighted by Gasteiger charge is 2.06. The molecule has 1 unspecified atom stereocenters. The van der Waals surface area contributed by atoms with Crippen LogP contribution in [0.15, 0.2) is 18.2 Å². The molecule has 1 N–H and O–H groups in total. The molecule has 0 fully saturated rings. The normalized spacial score (nSPS) is 13.0. The molecule has 1 heterocycles. The molecule has 1 aromatic rings. The van der Waals surface area contributed by atoms with Gasteiger partial charge in [-0.25, -0.2) is 4.98 Å². The molecule has 0 aromatic carbocycles. The first-order valence-corrected chi connectivity index (χ1v) is 4.48. The Hall–Kier alpha value is -1.12. The van der Waals surface area contributed by atoms with E-state index in [4.69, 9.17) is 0 Å². The summed E-state index contributed by atoms with van der Waals surface area (Å²) in [6, 6.07) is 5.06. The van der Waals surface area contributed by atoms with Gasteiger partial charge in [0, 0.05) is 6.04 Å². The van der Waals surface area contributed by atoms with Crippen molar-refractivity contribution in [2.45, 2.75) is 26.8 Å². The molecule has 0 spiro atoms. The van der Waals surface area contributed by atoms with Crippen molar-refractivity contribution in [2.24, 2.45) is 5.92 Å². The minimum Gasteiger partial charge on any atom is -0.367 e. The van der Waals surface area contributed by atoms with Gasteiger partial charge < -0.3 is 5.32 Å². The highest BCUT2D eigenvalue weighted by atomic mass is 19.1. The van der Waals surface area contributed by atoms with Gasteiger partial charge in [-0.3, -0.25) is 0 Å². The number of rotatable bonds is 3. The van der Waals surface area contributed by atoms with Gasteiger partial charge in [0.15, 0.2) is 0 Å². The van der Waals surface area contributed by atoms with Crippen molar-refractivity contribution in [1.82, 2.24) is 4.98 Å². The van der Waals surface area contributed by atoms with E-state index in [1.165, 1.54) is 6.07 Å². The van der Waals surface area contributed by atoms with Crippen LogP contribution in [0.4, 0.5) is 10.2 Å². The van der Waals surface area contributed by atoms with Gasteiger partial charge in [-0.2, -0.15) is 4.39 Å². The van der Waals surface area contributed by atoms with Crippen LogP contribution in [0.25, 0.3) is 0 Å². The maximum atomic E-state index is 12.7. The Kier molecular flexibility index (Phi) is 3.23. The number of anilines is 1. The highest BCUT2D eigenvalue weighted by molar-refractivity contribution is 5.34. The molecule has 1 aromatic heterocycles. The van der Waals surface area contributed by atoms with Crippen LogP contribution < -0.4 is 5.32 Å². The largest absolute Gasteiger partial charge is 0.367 e. The van der Waals surface area contributed by atoms with Gasteiger partial charge in [-0.1, -0.05) is 19.9 Å². The zero-order chi connectivity index (χ0) is 9.84. The van der Waals surface area contributed by atoms with E-state index in [1.54, 1.807) is 12.1 Å². The third kappa shape index (κ3) is 3.01. The van der Waals surface area contributed by atoms with E-state index in [2.05, 4.69) is 31.1 Å². The lowest BCUT2D eigenvalue weighted by molar-refractivity contribution is 0.551. The van der Waals surface area contributed by atoms with Crippen LogP contribution in [0.3, 0.4) is 0 Å². The van der Waals surface area contributed by atoms with E-state index in [0.717, 1.165) is 0 Å². The fourth-order valence-electron chi connectivity index (χ4n) is 0.889. The second kappa shape index (κ2) is 4.21. The van der Waals surface area contributed by atoms with Gasteiger partial charge >= 0.3 is 0 Å². The molecule has 0 bridgehead atoms. The van der Waals surface area contributed by atoms with Crippen LogP contribution in [0, 0.1) is 11.9 Å². The van der Waals surface area contributed by atoms with Crippen molar-refractivity contribution < 1.29 is 4.39 Å². The summed E-state index contributed by atoms with van der Waals surface area (Å²) >= 11 is 0. The molecule has 0 aliphatic rings. The molecule has 0 amide bonds. The third-order valence-electron chi connectivity index (χ3n) is 2.09. The summed E-state index contributed by atoms with van der Waals surface area (Å²) < 4.78 is 12.7. The van der Waals surface area contributed by atoms with Crippen LogP contribution in [0.5, 0.6) is 0 Å². The monoisotopic (exact) mass is 182 g/mol. The summed E-state index contributed by atoms with van der Waals surface area (Å²) in [5.41, 5.74) is 0. The first-order chi connectivity index (χ1) is 6.09. The lowest BCUT2D eigenvalue weighted by Gasteiger charge is -2.17. The molecule has 2 nitrogen and oxygen atoms in total. The first-order valence-electron chi connectivity index (χ1n) is 4.48. The van der Waals surface area contributed by atoms with Crippen LogP contribution in [-0.2, 0) is 0 Å². The van der Waals surface area contributed by atoms with Crippen molar-refractivity contribution in [1.29, 1.82) is 0 Å². The lowest BCUT2D eigenvalue weighted by Crippen LogP contribution is -2.22. The molecule has 0 radical (unpaired) electrons. The maximum Gasteiger partial charge on any atom is 0.214 e. The summed E-state index contributed by atoms with van der Waals surface area (Å²) in [5, 5.41) is 3.13.